The van der Waals surface area contributed by atoms with Gasteiger partial charge in [-0.15, -0.1) is 0 Å². The van der Waals surface area contributed by atoms with E-state index in [0.717, 1.165) is 36.5 Å². The molecule has 0 aromatic rings. The van der Waals surface area contributed by atoms with Crippen LogP contribution in [0.3, 0.4) is 0 Å². The Balaban J connectivity index is 0. The molecule has 0 bridgehead atoms. The Morgan fingerprint density at radius 1 is 0.719 bits per heavy atom. The maximum atomic E-state index is 10.4. The summed E-state index contributed by atoms with van der Waals surface area (Å²) >= 11 is 0. The molecule has 1 aliphatic carbocycles. The summed E-state index contributed by atoms with van der Waals surface area (Å²) in [5.74, 6) is -3.83. The van der Waals surface area contributed by atoms with Crippen LogP contribution in [0.4, 0.5) is 0 Å². The molecule has 1 heterocycles. The highest BCUT2D eigenvalue weighted by atomic mass is 16.6. The van der Waals surface area contributed by atoms with Crippen LogP contribution in [-0.4, -0.2) is 57.2 Å². The van der Waals surface area contributed by atoms with Crippen LogP contribution in [0, 0.1) is 0 Å². The maximum absolute atomic E-state index is 10.4. The van der Waals surface area contributed by atoms with E-state index in [1.165, 1.54) is 12.2 Å². The normalized spacial score (nSPS) is 13.6. The second-order valence-electron chi connectivity index (χ2n) is 5.50. The molecule has 1 aliphatic heterocycles. The molecule has 0 atom stereocenters. The van der Waals surface area contributed by atoms with E-state index in [9.17, 15) is 38.4 Å². The molecule has 0 spiro atoms. The molecule has 0 saturated heterocycles. The molecule has 0 saturated carbocycles. The van der Waals surface area contributed by atoms with E-state index in [1.807, 2.05) is 0 Å². The summed E-state index contributed by atoms with van der Waals surface area (Å²) in [5.41, 5.74) is 0. The largest absolute Gasteiger partial charge is 0.478 e. The van der Waals surface area contributed by atoms with Crippen LogP contribution >= 0.6 is 0 Å². The lowest BCUT2D eigenvalue weighted by Crippen LogP contribution is -1.96. The highest BCUT2D eigenvalue weighted by Crippen LogP contribution is 1.97. The van der Waals surface area contributed by atoms with Crippen LogP contribution in [-0.2, 0) is 43.1 Å². The van der Waals surface area contributed by atoms with Crippen molar-refractivity contribution < 1.29 is 53.3 Å². The van der Waals surface area contributed by atoms with Crippen molar-refractivity contribution in [1.29, 1.82) is 0 Å². The number of esters is 2. The Hall–Kier alpha value is -4.28. The van der Waals surface area contributed by atoms with Gasteiger partial charge in [0.05, 0.1) is 6.42 Å². The molecule has 2 aliphatic rings. The van der Waals surface area contributed by atoms with Gasteiger partial charge in [-0.25, -0.2) is 19.2 Å². The number of carboxylic acid groups (broad SMARTS) is 2. The quantitative estimate of drug-likeness (QED) is 0.333. The molecule has 32 heavy (non-hydrogen) atoms. The van der Waals surface area contributed by atoms with Crippen LogP contribution in [0.1, 0.15) is 33.1 Å². The van der Waals surface area contributed by atoms with Gasteiger partial charge in [0.15, 0.2) is 23.1 Å². The lowest BCUT2D eigenvalue weighted by Gasteiger charge is -1.80. The minimum Gasteiger partial charge on any atom is -0.478 e. The molecule has 2 rings (SSSR count). The minimum absolute atomic E-state index is 0.0787. The molecule has 0 aromatic heterocycles. The molecule has 172 valence electrons. The number of carboxylic acids is 2. The fourth-order valence-corrected chi connectivity index (χ4v) is 1.34. The maximum Gasteiger partial charge on any atom is 0.338 e. The third-order valence-electron chi connectivity index (χ3n) is 2.88. The first-order chi connectivity index (χ1) is 14.9. The van der Waals surface area contributed by atoms with E-state index in [4.69, 9.17) is 10.2 Å². The molecule has 0 aromatic carbocycles. The van der Waals surface area contributed by atoms with Crippen molar-refractivity contribution in [1.82, 2.24) is 0 Å². The van der Waals surface area contributed by atoms with Crippen molar-refractivity contribution in [3.63, 3.8) is 0 Å². The number of hydrogen-bond acceptors (Lipinski definition) is 9. The fourth-order valence-electron chi connectivity index (χ4n) is 1.34. The van der Waals surface area contributed by atoms with Crippen LogP contribution in [0.2, 0.25) is 0 Å². The van der Waals surface area contributed by atoms with Crippen molar-refractivity contribution in [2.75, 3.05) is 0 Å². The molecule has 11 nitrogen and oxygen atoms in total. The number of rotatable bonds is 6. The predicted molar refractivity (Wildman–Crippen MR) is 108 cm³/mol. The highest BCUT2D eigenvalue weighted by molar-refractivity contribution is 6.16. The Morgan fingerprint density at radius 3 is 1.22 bits per heavy atom. The van der Waals surface area contributed by atoms with Gasteiger partial charge in [-0.2, -0.15) is 0 Å². The smallest absolute Gasteiger partial charge is 0.338 e. The summed E-state index contributed by atoms with van der Waals surface area (Å²) in [5, 5.41) is 16.0. The summed E-state index contributed by atoms with van der Waals surface area (Å²) in [6.45, 7) is 3.35. The number of hydrogen-bond donors (Lipinski definition) is 2. The van der Waals surface area contributed by atoms with Gasteiger partial charge in [0.25, 0.3) is 0 Å². The molecular weight excluding hydrogens is 428 g/mol. The number of ether oxygens (including phenoxy) is 1. The van der Waals surface area contributed by atoms with Crippen molar-refractivity contribution in [2.24, 2.45) is 0 Å². The first kappa shape index (κ1) is 29.9. The molecular formula is C21H22O11. The molecule has 11 heteroatoms. The number of ketones is 4. The second-order valence-corrected chi connectivity index (χ2v) is 5.50. The van der Waals surface area contributed by atoms with Gasteiger partial charge in [-0.3, -0.25) is 19.2 Å². The number of aliphatic carboxylic acids is 2. The molecule has 0 radical (unpaired) electrons. The van der Waals surface area contributed by atoms with Gasteiger partial charge >= 0.3 is 23.9 Å². The first-order valence-electron chi connectivity index (χ1n) is 8.96. The minimum atomic E-state index is -1.09. The van der Waals surface area contributed by atoms with E-state index in [-0.39, 0.29) is 29.6 Å². The van der Waals surface area contributed by atoms with E-state index in [1.54, 1.807) is 13.8 Å². The van der Waals surface area contributed by atoms with E-state index in [0.29, 0.717) is 12.8 Å². The van der Waals surface area contributed by atoms with Crippen molar-refractivity contribution in [3.8, 4) is 0 Å². The summed E-state index contributed by atoms with van der Waals surface area (Å²) < 4.78 is 3.97. The zero-order valence-electron chi connectivity index (χ0n) is 17.3. The monoisotopic (exact) mass is 450 g/mol. The number of cyclic esters (lactones) is 2. The average Bonchev–Trinajstić information content (AvgIpc) is 3.31. The zero-order chi connectivity index (χ0) is 25.1. The van der Waals surface area contributed by atoms with Crippen molar-refractivity contribution in [2.45, 2.75) is 33.1 Å². The Morgan fingerprint density at radius 2 is 1.06 bits per heavy atom. The summed E-state index contributed by atoms with van der Waals surface area (Å²) in [6.07, 6.45) is 9.37. The van der Waals surface area contributed by atoms with Crippen LogP contribution in [0.25, 0.3) is 0 Å². The molecule has 0 unspecified atom stereocenters. The van der Waals surface area contributed by atoms with Crippen LogP contribution in [0.5, 0.6) is 0 Å². The van der Waals surface area contributed by atoms with Gasteiger partial charge in [0.1, 0.15) is 0 Å². The average molecular weight is 450 g/mol. The summed E-state index contributed by atoms with van der Waals surface area (Å²) in [6, 6.07) is 0. The van der Waals surface area contributed by atoms with Crippen LogP contribution in [0.15, 0.2) is 48.6 Å². The van der Waals surface area contributed by atoms with Gasteiger partial charge in [0.2, 0.25) is 0 Å². The predicted octanol–water partition coefficient (Wildman–Crippen LogP) is 0.923. The SMILES string of the molecule is CCC(=O)/C=C\C(=O)O.CCC(=O)/C=C\C(=O)O.O=C1C=CC(=O)C1.O=C1C=CC(=O)O1. The van der Waals surface area contributed by atoms with Gasteiger partial charge in [-0.1, -0.05) is 13.8 Å². The third kappa shape index (κ3) is 20.5. The highest BCUT2D eigenvalue weighted by Gasteiger charge is 2.10. The Kier molecular flexibility index (Phi) is 16.4. The van der Waals surface area contributed by atoms with Gasteiger partial charge in [-0.05, 0) is 24.3 Å². The van der Waals surface area contributed by atoms with Gasteiger partial charge in [0, 0.05) is 37.1 Å². The van der Waals surface area contributed by atoms with Crippen molar-refractivity contribution >= 4 is 47.0 Å². The van der Waals surface area contributed by atoms with E-state index in [2.05, 4.69) is 4.74 Å². The Labute approximate surface area is 182 Å². The lowest BCUT2D eigenvalue weighted by molar-refractivity contribution is -0.150. The van der Waals surface area contributed by atoms with E-state index < -0.39 is 23.9 Å². The number of allylic oxidation sites excluding steroid dienone is 4. The summed E-state index contributed by atoms with van der Waals surface area (Å²) in [7, 11) is 0. The Bertz CT molecular complexity index is 766. The third-order valence-corrected chi connectivity index (χ3v) is 2.88. The molecule has 2 N–H and O–H groups in total. The number of carbonyl (C=O) groups is 8. The van der Waals surface area contributed by atoms with E-state index >= 15 is 0 Å². The van der Waals surface area contributed by atoms with Gasteiger partial charge < -0.3 is 14.9 Å². The zero-order valence-corrected chi connectivity index (χ0v) is 17.3. The second kappa shape index (κ2) is 17.6. The standard InChI is InChI=1S/2C6H8O3.C5H4O2.C4H2O3/c2*1-2-5(7)3-4-6(8)9;6-4-1-2-5(7)3-4;5-3-1-2-4(6)7-3/h2*3-4H,2H2,1H3,(H,8,9);1-2H,3H2;1-2H/b2*4-3-;;. The van der Waals surface area contributed by atoms with Crippen molar-refractivity contribution in [3.05, 3.63) is 48.6 Å². The topological polar surface area (TPSA) is 186 Å². The fraction of sp³-hybridized carbons (Fsp3) is 0.238. The summed E-state index contributed by atoms with van der Waals surface area (Å²) in [4.78, 5) is 80.4. The molecule has 0 fully saturated rings. The van der Waals surface area contributed by atoms with Crippen LogP contribution < -0.4 is 0 Å². The lowest BCUT2D eigenvalue weighted by atomic mass is 10.3. The number of carbonyl (C=O) groups excluding carboxylic acids is 6. The molecule has 0 amide bonds. The first-order valence-corrected chi connectivity index (χ1v) is 8.96.